The molecule has 0 radical (unpaired) electrons. The van der Waals surface area contributed by atoms with Crippen LogP contribution >= 0.6 is 11.6 Å². The summed E-state index contributed by atoms with van der Waals surface area (Å²) in [7, 11) is -4.59. The van der Waals surface area contributed by atoms with Crippen molar-refractivity contribution in [3.05, 3.63) is 76.3 Å². The molecule has 6 nitrogen and oxygen atoms in total. The van der Waals surface area contributed by atoms with E-state index in [1.54, 1.807) is 31.2 Å². The molecule has 3 aromatic rings. The van der Waals surface area contributed by atoms with Crippen LogP contribution in [0.5, 0.6) is 5.75 Å². The minimum absolute atomic E-state index is 0.0657. The Morgan fingerprint density at radius 3 is 2.48 bits per heavy atom. The second-order valence-electron chi connectivity index (χ2n) is 7.00. The predicted molar refractivity (Wildman–Crippen MR) is 112 cm³/mol. The highest BCUT2D eigenvalue weighted by Gasteiger charge is 2.27. The molecule has 31 heavy (non-hydrogen) atoms. The van der Waals surface area contributed by atoms with E-state index < -0.39 is 49.9 Å². The Balaban J connectivity index is 2.05. The maximum absolute atomic E-state index is 14.7. The Labute approximate surface area is 181 Å². The van der Waals surface area contributed by atoms with Gasteiger partial charge in [-0.05, 0) is 36.2 Å². The van der Waals surface area contributed by atoms with E-state index in [-0.39, 0.29) is 16.1 Å². The number of carbonyl (C=O) groups is 1. The van der Waals surface area contributed by atoms with Gasteiger partial charge < -0.3 is 10.4 Å². The zero-order valence-electron chi connectivity index (χ0n) is 15.9. The summed E-state index contributed by atoms with van der Waals surface area (Å²) in [5.74, 6) is -3.54. The number of phenols is 1. The molecule has 4 bridgehead atoms. The Hall–Kier alpha value is -3.17. The van der Waals surface area contributed by atoms with E-state index in [1.807, 2.05) is 4.72 Å². The standard InChI is InChI=1S/C21H15ClF2N2O4S/c1-10-12-4-2-3-5-13(12)14-8-18(17(24)9-16(14)23)26-31(29,30)19-7-11(21(28)25-10)6-15(22)20(19)27/h2-10,26-27H,1H3,(H,25,28)/t10-/m0/s1. The molecule has 1 aliphatic heterocycles. The fraction of sp³-hybridized carbons (Fsp3) is 0.0952. The van der Waals surface area contributed by atoms with E-state index >= 15 is 0 Å². The zero-order valence-corrected chi connectivity index (χ0v) is 17.5. The Morgan fingerprint density at radius 2 is 1.74 bits per heavy atom. The van der Waals surface area contributed by atoms with Crippen LogP contribution < -0.4 is 10.0 Å². The Bertz CT molecular complexity index is 1350. The summed E-state index contributed by atoms with van der Waals surface area (Å²) in [5.41, 5.74) is 0.145. The Kier molecular flexibility index (Phi) is 5.10. The average molecular weight is 465 g/mol. The molecule has 4 rings (SSSR count). The molecule has 10 heteroatoms. The number of sulfonamides is 1. The second-order valence-corrected chi connectivity index (χ2v) is 9.06. The van der Waals surface area contributed by atoms with Crippen molar-refractivity contribution in [1.29, 1.82) is 0 Å². The van der Waals surface area contributed by atoms with Gasteiger partial charge in [0.25, 0.3) is 15.9 Å². The van der Waals surface area contributed by atoms with Gasteiger partial charge in [-0.2, -0.15) is 0 Å². The summed E-state index contributed by atoms with van der Waals surface area (Å²) in [6.45, 7) is 1.66. The van der Waals surface area contributed by atoms with Crippen molar-refractivity contribution >= 4 is 33.2 Å². The van der Waals surface area contributed by atoms with Gasteiger partial charge in [0.1, 0.15) is 16.5 Å². The molecule has 0 aromatic heterocycles. The van der Waals surface area contributed by atoms with E-state index in [0.29, 0.717) is 17.2 Å². The van der Waals surface area contributed by atoms with Gasteiger partial charge in [0.2, 0.25) is 0 Å². The largest absolute Gasteiger partial charge is 0.505 e. The topological polar surface area (TPSA) is 95.5 Å². The quantitative estimate of drug-likeness (QED) is 0.453. The molecule has 0 unspecified atom stereocenters. The van der Waals surface area contributed by atoms with Crippen molar-refractivity contribution in [1.82, 2.24) is 5.32 Å². The van der Waals surface area contributed by atoms with Crippen molar-refractivity contribution in [2.24, 2.45) is 0 Å². The van der Waals surface area contributed by atoms with Gasteiger partial charge in [0.15, 0.2) is 5.75 Å². The number of benzene rings is 3. The molecule has 0 fully saturated rings. The number of hydrogen-bond donors (Lipinski definition) is 3. The highest BCUT2D eigenvalue weighted by molar-refractivity contribution is 7.92. The maximum Gasteiger partial charge on any atom is 0.265 e. The lowest BCUT2D eigenvalue weighted by Gasteiger charge is -2.19. The monoisotopic (exact) mass is 464 g/mol. The van der Waals surface area contributed by atoms with Crippen molar-refractivity contribution in [3.8, 4) is 16.9 Å². The number of fused-ring (bicyclic) bond motifs is 6. The number of hydrogen-bond acceptors (Lipinski definition) is 4. The molecule has 1 heterocycles. The average Bonchev–Trinajstić information content (AvgIpc) is 2.71. The first-order valence-electron chi connectivity index (χ1n) is 9.03. The predicted octanol–water partition coefficient (Wildman–Crippen LogP) is 4.60. The highest BCUT2D eigenvalue weighted by Crippen LogP contribution is 2.37. The number of nitrogens with one attached hydrogen (secondary N) is 2. The van der Waals surface area contributed by atoms with E-state index in [9.17, 15) is 27.1 Å². The van der Waals surface area contributed by atoms with Crippen LogP contribution in [0.2, 0.25) is 5.02 Å². The Morgan fingerprint density at radius 1 is 1.03 bits per heavy atom. The number of halogens is 3. The van der Waals surface area contributed by atoms with Crippen molar-refractivity contribution in [2.45, 2.75) is 17.9 Å². The number of aromatic hydroxyl groups is 1. The van der Waals surface area contributed by atoms with Gasteiger partial charge >= 0.3 is 0 Å². The van der Waals surface area contributed by atoms with Crippen molar-refractivity contribution < 1.29 is 27.1 Å². The molecule has 3 N–H and O–H groups in total. The van der Waals surface area contributed by atoms with Crippen LogP contribution in [-0.4, -0.2) is 19.4 Å². The van der Waals surface area contributed by atoms with E-state index in [2.05, 4.69) is 5.32 Å². The van der Waals surface area contributed by atoms with Gasteiger partial charge in [-0.1, -0.05) is 35.9 Å². The second kappa shape index (κ2) is 7.51. The molecular weight excluding hydrogens is 450 g/mol. The van der Waals surface area contributed by atoms with Crippen molar-refractivity contribution in [3.63, 3.8) is 0 Å². The third-order valence-corrected chi connectivity index (χ3v) is 6.61. The normalized spacial score (nSPS) is 17.3. The first-order chi connectivity index (χ1) is 14.6. The molecule has 0 spiro atoms. The number of carbonyl (C=O) groups excluding carboxylic acids is 1. The minimum atomic E-state index is -4.59. The lowest BCUT2D eigenvalue weighted by molar-refractivity contribution is 0.0939. The van der Waals surface area contributed by atoms with Gasteiger partial charge in [0.05, 0.1) is 16.8 Å². The first-order valence-corrected chi connectivity index (χ1v) is 10.9. The third kappa shape index (κ3) is 3.70. The summed E-state index contributed by atoms with van der Waals surface area (Å²) in [6, 6.07) is 9.59. The lowest BCUT2D eigenvalue weighted by atomic mass is 9.94. The molecule has 3 aromatic carbocycles. The fourth-order valence-corrected chi connectivity index (χ4v) is 4.90. The van der Waals surface area contributed by atoms with Crippen LogP contribution in [0.4, 0.5) is 14.5 Å². The summed E-state index contributed by atoms with van der Waals surface area (Å²) in [5, 5.41) is 12.5. The van der Waals surface area contributed by atoms with Gasteiger partial charge in [-0.25, -0.2) is 17.2 Å². The number of anilines is 1. The molecule has 1 aliphatic rings. The summed E-state index contributed by atoms with van der Waals surface area (Å²) in [4.78, 5) is 12.1. The van der Waals surface area contributed by atoms with Gasteiger partial charge in [-0.3, -0.25) is 9.52 Å². The maximum atomic E-state index is 14.7. The lowest BCUT2D eigenvalue weighted by Crippen LogP contribution is -2.27. The number of rotatable bonds is 0. The molecule has 1 atom stereocenters. The van der Waals surface area contributed by atoms with Crippen LogP contribution in [0.15, 0.2) is 53.4 Å². The highest BCUT2D eigenvalue weighted by atomic mass is 35.5. The molecule has 0 saturated carbocycles. The molecule has 1 amide bonds. The fourth-order valence-electron chi connectivity index (χ4n) is 3.42. The smallest absolute Gasteiger partial charge is 0.265 e. The number of phenolic OH excluding ortho intramolecular Hbond substituents is 1. The van der Waals surface area contributed by atoms with Gasteiger partial charge in [0, 0.05) is 17.2 Å². The first kappa shape index (κ1) is 21.1. The minimum Gasteiger partial charge on any atom is -0.505 e. The molecule has 160 valence electrons. The molecule has 0 saturated heterocycles. The third-order valence-electron chi connectivity index (χ3n) is 4.95. The van der Waals surface area contributed by atoms with E-state index in [0.717, 1.165) is 18.2 Å². The molecular formula is C21H15ClF2N2O4S. The van der Waals surface area contributed by atoms with Crippen LogP contribution in [0.1, 0.15) is 28.9 Å². The zero-order chi connectivity index (χ0) is 22.5. The number of amides is 1. The van der Waals surface area contributed by atoms with Gasteiger partial charge in [-0.15, -0.1) is 0 Å². The summed E-state index contributed by atoms with van der Waals surface area (Å²) < 4.78 is 56.9. The van der Waals surface area contributed by atoms with E-state index in [1.165, 1.54) is 0 Å². The van der Waals surface area contributed by atoms with Crippen LogP contribution in [0, 0.1) is 11.6 Å². The summed E-state index contributed by atoms with van der Waals surface area (Å²) in [6.07, 6.45) is 0. The molecule has 0 aliphatic carbocycles. The van der Waals surface area contributed by atoms with Crippen LogP contribution in [-0.2, 0) is 10.0 Å². The summed E-state index contributed by atoms with van der Waals surface area (Å²) >= 11 is 5.94. The van der Waals surface area contributed by atoms with Crippen LogP contribution in [0.3, 0.4) is 0 Å². The van der Waals surface area contributed by atoms with E-state index in [4.69, 9.17) is 11.6 Å². The van der Waals surface area contributed by atoms with Crippen molar-refractivity contribution in [2.75, 3.05) is 4.72 Å². The van der Waals surface area contributed by atoms with Crippen LogP contribution in [0.25, 0.3) is 11.1 Å². The SMILES string of the molecule is C[C@@H]1NC(=O)c2cc(Cl)c(O)c(c2)S(=O)(=O)Nc2cc(c(F)cc2F)-c2ccccc21.